The van der Waals surface area contributed by atoms with Gasteiger partial charge in [-0.2, -0.15) is 18.4 Å². The number of hydrogen-bond acceptors (Lipinski definition) is 4. The summed E-state index contributed by atoms with van der Waals surface area (Å²) in [6.45, 7) is 7.59. The molecule has 0 aromatic heterocycles. The van der Waals surface area contributed by atoms with Crippen LogP contribution in [-0.4, -0.2) is 16.9 Å². The Morgan fingerprint density at radius 1 is 1.19 bits per heavy atom. The maximum Gasteiger partial charge on any atom is 0.417 e. The van der Waals surface area contributed by atoms with Crippen molar-refractivity contribution in [3.63, 3.8) is 0 Å². The Kier molecular flexibility index (Phi) is 5.04. The number of hydrogen-bond donors (Lipinski definition) is 1. The van der Waals surface area contributed by atoms with Crippen molar-refractivity contribution >= 4 is 28.7 Å². The summed E-state index contributed by atoms with van der Waals surface area (Å²) >= 11 is 5.59. The van der Waals surface area contributed by atoms with Gasteiger partial charge < -0.3 is 15.4 Å². The molecule has 0 amide bonds. The minimum Gasteiger partial charge on any atom is -0.348 e. The number of nitriles is 1. The van der Waals surface area contributed by atoms with Gasteiger partial charge in [-0.25, -0.2) is 4.39 Å². The van der Waals surface area contributed by atoms with Crippen molar-refractivity contribution in [2.75, 3.05) is 9.80 Å². The Balaban J connectivity index is 1.75. The highest BCUT2D eigenvalue weighted by atomic mass is 32.1. The van der Waals surface area contributed by atoms with Crippen molar-refractivity contribution in [3.8, 4) is 6.07 Å². The number of anilines is 2. The van der Waals surface area contributed by atoms with E-state index in [0.29, 0.717) is 16.9 Å². The summed E-state index contributed by atoms with van der Waals surface area (Å²) in [5, 5.41) is 9.19. The van der Waals surface area contributed by atoms with Crippen LogP contribution in [0.2, 0.25) is 0 Å². The molecule has 166 valence electrons. The zero-order valence-corrected chi connectivity index (χ0v) is 17.9. The highest BCUT2D eigenvalue weighted by Gasteiger charge is 2.47. The molecule has 0 aliphatic carbocycles. The van der Waals surface area contributed by atoms with Crippen molar-refractivity contribution in [2.24, 2.45) is 5.73 Å². The average molecular weight is 462 g/mol. The van der Waals surface area contributed by atoms with Crippen LogP contribution in [0, 0.1) is 17.1 Å². The van der Waals surface area contributed by atoms with Crippen LogP contribution < -0.4 is 15.5 Å². The van der Waals surface area contributed by atoms with E-state index in [4.69, 9.17) is 28.0 Å². The van der Waals surface area contributed by atoms with E-state index in [1.807, 2.05) is 0 Å². The molecular formula is C22H18F4N4OS. The Morgan fingerprint density at radius 2 is 1.81 bits per heavy atom. The lowest BCUT2D eigenvalue weighted by atomic mass is 9.99. The van der Waals surface area contributed by atoms with E-state index in [1.165, 1.54) is 17.0 Å². The predicted octanol–water partition coefficient (Wildman–Crippen LogP) is 4.98. The maximum absolute atomic E-state index is 14.7. The first-order valence-electron chi connectivity index (χ1n) is 9.53. The van der Waals surface area contributed by atoms with Gasteiger partial charge in [-0.05, 0) is 56.4 Å². The standard InChI is InChI=1S/C22H18F4N4OS/c1-11-21(2,3)30(14-6-7-15(17(23)9-14)18-19(28)31-18)20(32)29(11)13-5-4-12(10-27)16(8-13)22(24,25)26/h4-9,18-19H,1,28H2,2-3H3. The molecule has 5 nitrogen and oxygen atoms in total. The van der Waals surface area contributed by atoms with E-state index in [2.05, 4.69) is 6.58 Å². The lowest BCUT2D eigenvalue weighted by Gasteiger charge is -2.31. The quantitative estimate of drug-likeness (QED) is 0.394. The summed E-state index contributed by atoms with van der Waals surface area (Å²) in [6, 6.07) is 9.38. The van der Waals surface area contributed by atoms with Gasteiger partial charge in [0.05, 0.1) is 22.7 Å². The molecule has 2 saturated heterocycles. The smallest absolute Gasteiger partial charge is 0.348 e. The summed E-state index contributed by atoms with van der Waals surface area (Å²) in [5.74, 6) is -0.527. The van der Waals surface area contributed by atoms with Crippen LogP contribution in [0.1, 0.15) is 36.6 Å². The van der Waals surface area contributed by atoms with Gasteiger partial charge >= 0.3 is 6.18 Å². The van der Waals surface area contributed by atoms with Crippen LogP contribution in [0.25, 0.3) is 0 Å². The van der Waals surface area contributed by atoms with E-state index >= 15 is 0 Å². The molecule has 0 radical (unpaired) electrons. The Bertz CT molecular complexity index is 1190. The molecule has 0 saturated carbocycles. The van der Waals surface area contributed by atoms with Crippen molar-refractivity contribution in [1.82, 2.24) is 0 Å². The Morgan fingerprint density at radius 3 is 2.34 bits per heavy atom. The summed E-state index contributed by atoms with van der Waals surface area (Å²) in [4.78, 5) is 3.02. The third kappa shape index (κ3) is 3.43. The molecule has 32 heavy (non-hydrogen) atoms. The van der Waals surface area contributed by atoms with Gasteiger partial charge in [0.1, 0.15) is 18.1 Å². The molecule has 2 atom stereocenters. The monoisotopic (exact) mass is 462 g/mol. The molecular weight excluding hydrogens is 444 g/mol. The molecule has 0 bridgehead atoms. The highest BCUT2D eigenvalue weighted by molar-refractivity contribution is 7.80. The molecule has 0 spiro atoms. The Hall–Kier alpha value is -3.00. The van der Waals surface area contributed by atoms with E-state index in [0.717, 1.165) is 12.1 Å². The first-order chi connectivity index (χ1) is 14.9. The summed E-state index contributed by atoms with van der Waals surface area (Å²) in [7, 11) is 0. The van der Waals surface area contributed by atoms with Crippen LogP contribution in [0.4, 0.5) is 28.9 Å². The van der Waals surface area contributed by atoms with Gasteiger partial charge in [0.25, 0.3) is 0 Å². The first-order valence-corrected chi connectivity index (χ1v) is 9.94. The van der Waals surface area contributed by atoms with Gasteiger partial charge in [0, 0.05) is 22.6 Å². The molecule has 4 rings (SSSR count). The van der Waals surface area contributed by atoms with Crippen molar-refractivity contribution in [1.29, 1.82) is 5.26 Å². The van der Waals surface area contributed by atoms with E-state index in [1.54, 1.807) is 36.9 Å². The number of epoxide rings is 1. The average Bonchev–Trinajstić information content (AvgIpc) is 3.39. The molecule has 2 aliphatic heterocycles. The zero-order valence-electron chi connectivity index (χ0n) is 17.1. The van der Waals surface area contributed by atoms with Crippen LogP contribution in [0.5, 0.6) is 0 Å². The molecule has 2 aromatic rings. The number of thiocarbonyl (C=S) groups is 1. The second kappa shape index (κ2) is 7.27. The van der Waals surface area contributed by atoms with Gasteiger partial charge in [-0.15, -0.1) is 0 Å². The molecule has 2 aliphatic rings. The van der Waals surface area contributed by atoms with Gasteiger partial charge in [-0.3, -0.25) is 4.90 Å². The third-order valence-corrected chi connectivity index (χ3v) is 6.04. The van der Waals surface area contributed by atoms with Crippen molar-refractivity contribution in [3.05, 3.63) is 71.2 Å². The van der Waals surface area contributed by atoms with Crippen molar-refractivity contribution in [2.45, 2.75) is 37.9 Å². The second-order valence-corrected chi connectivity index (χ2v) is 8.39. The van der Waals surface area contributed by atoms with Crippen LogP contribution >= 0.6 is 12.2 Å². The number of nitrogens with two attached hydrogens (primary N) is 1. The zero-order chi connectivity index (χ0) is 23.6. The van der Waals surface area contributed by atoms with Gasteiger partial charge in [0.2, 0.25) is 0 Å². The summed E-state index contributed by atoms with van der Waals surface area (Å²) < 4.78 is 60.3. The topological polar surface area (TPSA) is 68.8 Å². The SMILES string of the molecule is C=C1N(c2ccc(C#N)c(C(F)(F)F)c2)C(=S)N(c2ccc(C3OC3N)c(F)c2)C1(C)C. The van der Waals surface area contributed by atoms with E-state index in [-0.39, 0.29) is 10.8 Å². The minimum atomic E-state index is -4.72. The van der Waals surface area contributed by atoms with Crippen LogP contribution in [-0.2, 0) is 10.9 Å². The molecule has 2 N–H and O–H groups in total. The first kappa shape index (κ1) is 22.2. The van der Waals surface area contributed by atoms with Gasteiger partial charge in [0.15, 0.2) is 5.11 Å². The number of rotatable bonds is 3. The maximum atomic E-state index is 14.7. The number of alkyl halides is 3. The predicted molar refractivity (Wildman–Crippen MR) is 115 cm³/mol. The molecule has 10 heteroatoms. The highest BCUT2D eigenvalue weighted by Crippen LogP contribution is 2.44. The fourth-order valence-corrected chi connectivity index (χ4v) is 4.37. The van der Waals surface area contributed by atoms with Gasteiger partial charge in [-0.1, -0.05) is 12.6 Å². The fraction of sp³-hybridized carbons (Fsp3) is 0.273. The summed E-state index contributed by atoms with van der Waals surface area (Å²) in [5.41, 5.74) is 4.42. The fourth-order valence-electron chi connectivity index (χ4n) is 3.82. The lowest BCUT2D eigenvalue weighted by molar-refractivity contribution is -0.137. The number of halogens is 4. The van der Waals surface area contributed by atoms with Crippen LogP contribution in [0.15, 0.2) is 48.7 Å². The van der Waals surface area contributed by atoms with Crippen LogP contribution in [0.3, 0.4) is 0 Å². The van der Waals surface area contributed by atoms with E-state index in [9.17, 15) is 17.6 Å². The normalized spacial score (nSPS) is 22.3. The van der Waals surface area contributed by atoms with Crippen molar-refractivity contribution < 1.29 is 22.3 Å². The summed E-state index contributed by atoms with van der Waals surface area (Å²) in [6.07, 6.45) is -5.77. The molecule has 2 fully saturated rings. The Labute approximate surface area is 187 Å². The third-order valence-electron chi connectivity index (χ3n) is 5.68. The molecule has 2 unspecified atom stereocenters. The molecule has 2 aromatic carbocycles. The van der Waals surface area contributed by atoms with E-state index < -0.39 is 41.0 Å². The molecule has 2 heterocycles. The number of nitrogens with zero attached hydrogens (tertiary/aromatic N) is 3. The number of benzene rings is 2. The largest absolute Gasteiger partial charge is 0.417 e. The second-order valence-electron chi connectivity index (χ2n) is 8.03. The number of ether oxygens (including phenoxy) is 1. The lowest BCUT2D eigenvalue weighted by Crippen LogP contribution is -2.41. The minimum absolute atomic E-state index is 0.108.